The molecular weight excluding hydrogens is 278 g/mol. The average Bonchev–Trinajstić information content (AvgIpc) is 2.41. The summed E-state index contributed by atoms with van der Waals surface area (Å²) in [5.74, 6) is -0.891. The lowest BCUT2D eigenvalue weighted by Gasteiger charge is -2.06. The van der Waals surface area contributed by atoms with E-state index in [1.54, 1.807) is 24.3 Å². The maximum Gasteiger partial charge on any atom is 0.328 e. The molecule has 0 spiro atoms. The van der Waals surface area contributed by atoms with Crippen molar-refractivity contribution in [3.63, 3.8) is 0 Å². The van der Waals surface area contributed by atoms with Crippen molar-refractivity contribution < 1.29 is 18.3 Å². The molecule has 2 N–H and O–H groups in total. The van der Waals surface area contributed by atoms with Gasteiger partial charge in [0.1, 0.15) is 0 Å². The molecule has 0 amide bonds. The minimum atomic E-state index is -3.24. The van der Waals surface area contributed by atoms with Gasteiger partial charge in [0, 0.05) is 12.6 Å². The Labute approximate surface area is 119 Å². The third-order valence-corrected chi connectivity index (χ3v) is 4.04. The number of sulfonamides is 1. The molecule has 0 aromatic heterocycles. The molecule has 1 aromatic rings. The van der Waals surface area contributed by atoms with Crippen LogP contribution in [0.15, 0.2) is 30.3 Å². The maximum atomic E-state index is 11.7. The molecule has 0 atom stereocenters. The lowest BCUT2D eigenvalue weighted by Crippen LogP contribution is -2.25. The fourth-order valence-corrected chi connectivity index (χ4v) is 2.77. The fraction of sp³-hybridized carbons (Fsp3) is 0.357. The first-order valence-corrected chi connectivity index (χ1v) is 8.05. The van der Waals surface area contributed by atoms with Gasteiger partial charge >= 0.3 is 5.97 Å². The fourth-order valence-electron chi connectivity index (χ4n) is 1.57. The van der Waals surface area contributed by atoms with Crippen molar-refractivity contribution in [2.75, 3.05) is 5.75 Å². The number of hydrogen-bond acceptors (Lipinski definition) is 3. The highest BCUT2D eigenvalue weighted by Crippen LogP contribution is 2.08. The highest BCUT2D eigenvalue weighted by molar-refractivity contribution is 7.89. The molecular formula is C14H19NO4S. The molecule has 0 saturated heterocycles. The van der Waals surface area contributed by atoms with E-state index in [2.05, 4.69) is 4.72 Å². The molecule has 0 saturated carbocycles. The Kier molecular flexibility index (Phi) is 6.41. The lowest BCUT2D eigenvalue weighted by atomic mass is 10.1. The molecule has 0 aliphatic heterocycles. The Morgan fingerprint density at radius 1 is 1.40 bits per heavy atom. The van der Waals surface area contributed by atoms with E-state index in [9.17, 15) is 13.2 Å². The first kappa shape index (κ1) is 16.4. The minimum Gasteiger partial charge on any atom is -0.478 e. The number of carboxylic acids is 1. The van der Waals surface area contributed by atoms with Gasteiger partial charge in [0.25, 0.3) is 0 Å². The van der Waals surface area contributed by atoms with E-state index in [1.807, 2.05) is 6.92 Å². The largest absolute Gasteiger partial charge is 0.478 e. The number of benzene rings is 1. The summed E-state index contributed by atoms with van der Waals surface area (Å²) >= 11 is 0. The van der Waals surface area contributed by atoms with Crippen LogP contribution in [-0.2, 0) is 21.4 Å². The summed E-state index contributed by atoms with van der Waals surface area (Å²) in [6.45, 7) is 2.15. The van der Waals surface area contributed by atoms with E-state index < -0.39 is 16.0 Å². The van der Waals surface area contributed by atoms with E-state index >= 15 is 0 Å². The number of aliphatic carboxylic acids is 1. The Morgan fingerprint density at radius 2 is 2.15 bits per heavy atom. The predicted molar refractivity (Wildman–Crippen MR) is 78.6 cm³/mol. The molecule has 0 aliphatic rings. The van der Waals surface area contributed by atoms with Gasteiger partial charge in [-0.2, -0.15) is 0 Å². The summed E-state index contributed by atoms with van der Waals surface area (Å²) in [7, 11) is -3.24. The zero-order valence-corrected chi connectivity index (χ0v) is 12.2. The molecule has 0 unspecified atom stereocenters. The molecule has 0 fully saturated rings. The van der Waals surface area contributed by atoms with Crippen LogP contribution < -0.4 is 4.72 Å². The summed E-state index contributed by atoms with van der Waals surface area (Å²) in [5, 5.41) is 8.56. The van der Waals surface area contributed by atoms with Crippen molar-refractivity contribution in [1.82, 2.24) is 4.72 Å². The first-order chi connectivity index (χ1) is 9.43. The molecule has 0 heterocycles. The van der Waals surface area contributed by atoms with E-state index in [4.69, 9.17) is 5.11 Å². The van der Waals surface area contributed by atoms with Crippen LogP contribution in [0.2, 0.25) is 0 Å². The Morgan fingerprint density at radius 3 is 2.80 bits per heavy atom. The minimum absolute atomic E-state index is 0.127. The van der Waals surface area contributed by atoms with Gasteiger partial charge in [0.2, 0.25) is 10.0 Å². The average molecular weight is 297 g/mol. The van der Waals surface area contributed by atoms with Gasteiger partial charge in [-0.25, -0.2) is 17.9 Å². The van der Waals surface area contributed by atoms with Crippen molar-refractivity contribution in [1.29, 1.82) is 0 Å². The van der Waals surface area contributed by atoms with E-state index in [0.717, 1.165) is 23.6 Å². The quantitative estimate of drug-likeness (QED) is 0.719. The van der Waals surface area contributed by atoms with Crippen LogP contribution in [-0.4, -0.2) is 25.2 Å². The van der Waals surface area contributed by atoms with Crippen LogP contribution in [0, 0.1) is 0 Å². The number of nitrogens with one attached hydrogen (secondary N) is 1. The number of unbranched alkanes of at least 4 members (excludes halogenated alkanes) is 1. The van der Waals surface area contributed by atoms with Gasteiger partial charge < -0.3 is 5.11 Å². The molecule has 0 bridgehead atoms. The first-order valence-electron chi connectivity index (χ1n) is 6.40. The van der Waals surface area contributed by atoms with E-state index in [-0.39, 0.29) is 12.3 Å². The molecule has 6 heteroatoms. The molecule has 20 heavy (non-hydrogen) atoms. The SMILES string of the molecule is CCCCS(=O)(=O)NCc1cccc(C=CC(=O)O)c1. The van der Waals surface area contributed by atoms with Crippen molar-refractivity contribution in [3.8, 4) is 0 Å². The lowest BCUT2D eigenvalue weighted by molar-refractivity contribution is -0.131. The third-order valence-electron chi connectivity index (χ3n) is 2.63. The summed E-state index contributed by atoms with van der Waals surface area (Å²) in [4.78, 5) is 10.4. The molecule has 0 radical (unpaired) electrons. The molecule has 5 nitrogen and oxygen atoms in total. The zero-order chi connectivity index (χ0) is 15.0. The van der Waals surface area contributed by atoms with Crippen molar-refractivity contribution >= 4 is 22.1 Å². The second kappa shape index (κ2) is 7.81. The highest BCUT2D eigenvalue weighted by atomic mass is 32.2. The second-order valence-corrected chi connectivity index (χ2v) is 6.34. The Bertz CT molecular complexity index is 579. The van der Waals surface area contributed by atoms with Crippen molar-refractivity contribution in [3.05, 3.63) is 41.5 Å². The van der Waals surface area contributed by atoms with Gasteiger partial charge in [-0.1, -0.05) is 37.6 Å². The van der Waals surface area contributed by atoms with Gasteiger partial charge in [0.15, 0.2) is 0 Å². The smallest absolute Gasteiger partial charge is 0.328 e. The number of hydrogen-bond donors (Lipinski definition) is 2. The van der Waals surface area contributed by atoms with Crippen LogP contribution in [0.25, 0.3) is 6.08 Å². The standard InChI is InChI=1S/C14H19NO4S/c1-2-3-9-20(18,19)15-11-13-6-4-5-12(10-13)7-8-14(16)17/h4-8,10,15H,2-3,9,11H2,1H3,(H,16,17). The Hall–Kier alpha value is -1.66. The molecule has 0 aliphatic carbocycles. The van der Waals surface area contributed by atoms with Crippen molar-refractivity contribution in [2.24, 2.45) is 0 Å². The summed E-state index contributed by atoms with van der Waals surface area (Å²) in [6.07, 6.45) is 3.98. The topological polar surface area (TPSA) is 83.5 Å². The van der Waals surface area contributed by atoms with E-state index in [1.165, 1.54) is 6.08 Å². The van der Waals surface area contributed by atoms with Crippen LogP contribution in [0.3, 0.4) is 0 Å². The monoisotopic (exact) mass is 297 g/mol. The van der Waals surface area contributed by atoms with Gasteiger partial charge in [-0.3, -0.25) is 0 Å². The number of carboxylic acid groups (broad SMARTS) is 1. The normalized spacial score (nSPS) is 11.8. The molecule has 1 rings (SSSR count). The predicted octanol–water partition coefficient (Wildman–Crippen LogP) is 2.00. The van der Waals surface area contributed by atoms with Crippen LogP contribution >= 0.6 is 0 Å². The third kappa shape index (κ3) is 6.49. The number of rotatable bonds is 8. The van der Waals surface area contributed by atoms with Crippen LogP contribution in [0.1, 0.15) is 30.9 Å². The highest BCUT2D eigenvalue weighted by Gasteiger charge is 2.08. The second-order valence-electron chi connectivity index (χ2n) is 4.41. The zero-order valence-electron chi connectivity index (χ0n) is 11.4. The van der Waals surface area contributed by atoms with Gasteiger partial charge in [-0.05, 0) is 23.6 Å². The van der Waals surface area contributed by atoms with Crippen molar-refractivity contribution in [2.45, 2.75) is 26.3 Å². The van der Waals surface area contributed by atoms with Gasteiger partial charge in [-0.15, -0.1) is 0 Å². The van der Waals surface area contributed by atoms with Gasteiger partial charge in [0.05, 0.1) is 5.75 Å². The maximum absolute atomic E-state index is 11.7. The molecule has 1 aromatic carbocycles. The number of carbonyl (C=O) groups is 1. The Balaban J connectivity index is 2.65. The van der Waals surface area contributed by atoms with Crippen LogP contribution in [0.5, 0.6) is 0 Å². The molecule has 110 valence electrons. The summed E-state index contributed by atoms with van der Waals surface area (Å²) < 4.78 is 25.9. The summed E-state index contributed by atoms with van der Waals surface area (Å²) in [6, 6.07) is 7.06. The summed E-state index contributed by atoms with van der Waals surface area (Å²) in [5.41, 5.74) is 1.51. The van der Waals surface area contributed by atoms with E-state index in [0.29, 0.717) is 6.42 Å². The van der Waals surface area contributed by atoms with Crippen LogP contribution in [0.4, 0.5) is 0 Å².